The molecule has 1 rings (SSSR count). The van der Waals surface area contributed by atoms with Gasteiger partial charge in [0.15, 0.2) is 0 Å². The Bertz CT molecular complexity index is 485. The van der Waals surface area contributed by atoms with E-state index in [9.17, 15) is 9.59 Å². The quantitative estimate of drug-likeness (QED) is 0.759. The summed E-state index contributed by atoms with van der Waals surface area (Å²) >= 11 is 1.37. The maximum Gasteiger partial charge on any atom is 0.234 e. The summed E-state index contributed by atoms with van der Waals surface area (Å²) in [4.78, 5) is 25.8. The molecule has 0 aliphatic rings. The zero-order valence-electron chi connectivity index (χ0n) is 13.7. The van der Waals surface area contributed by atoms with Crippen LogP contribution in [0.1, 0.15) is 32.3 Å². The van der Waals surface area contributed by atoms with Gasteiger partial charge in [-0.05, 0) is 37.5 Å². The van der Waals surface area contributed by atoms with Crippen molar-refractivity contribution in [1.29, 1.82) is 0 Å². The molecule has 0 heterocycles. The van der Waals surface area contributed by atoms with E-state index in [2.05, 4.69) is 19.2 Å². The van der Waals surface area contributed by atoms with E-state index in [-0.39, 0.29) is 11.8 Å². The average molecular weight is 322 g/mol. The minimum Gasteiger partial charge on any atom is -0.342 e. The normalized spacial score (nSPS) is 10.3. The van der Waals surface area contributed by atoms with Crippen LogP contribution in [-0.4, -0.2) is 41.3 Å². The van der Waals surface area contributed by atoms with Crippen molar-refractivity contribution >= 4 is 29.3 Å². The molecule has 0 saturated carbocycles. The summed E-state index contributed by atoms with van der Waals surface area (Å²) in [6, 6.07) is 7.69. The van der Waals surface area contributed by atoms with Gasteiger partial charge in [-0.15, -0.1) is 11.8 Å². The molecule has 0 aliphatic carbocycles. The van der Waals surface area contributed by atoms with Gasteiger partial charge in [0.1, 0.15) is 0 Å². The molecule has 0 bridgehead atoms. The number of rotatable bonds is 9. The van der Waals surface area contributed by atoms with Crippen molar-refractivity contribution in [2.75, 3.05) is 29.9 Å². The maximum atomic E-state index is 12.1. The SMILES string of the molecule is CCCN(CCC)C(=O)CSCC(=O)Nc1cccc(C)c1. The first-order chi connectivity index (χ1) is 10.6. The van der Waals surface area contributed by atoms with Crippen LogP contribution in [0.3, 0.4) is 0 Å². The van der Waals surface area contributed by atoms with Crippen LogP contribution in [0.15, 0.2) is 24.3 Å². The number of hydrogen-bond donors (Lipinski definition) is 1. The Hall–Kier alpha value is -1.49. The Labute approximate surface area is 137 Å². The highest BCUT2D eigenvalue weighted by Crippen LogP contribution is 2.11. The molecule has 0 aliphatic heterocycles. The minimum absolute atomic E-state index is 0.0686. The third kappa shape index (κ3) is 6.98. The molecule has 0 unspecified atom stereocenters. The minimum atomic E-state index is -0.0686. The summed E-state index contributed by atoms with van der Waals surface area (Å²) in [5.74, 6) is 0.713. The van der Waals surface area contributed by atoms with Gasteiger partial charge in [-0.25, -0.2) is 0 Å². The largest absolute Gasteiger partial charge is 0.342 e. The second kappa shape index (κ2) is 10.3. The Morgan fingerprint density at radius 1 is 1.14 bits per heavy atom. The van der Waals surface area contributed by atoms with E-state index in [1.807, 2.05) is 36.1 Å². The Morgan fingerprint density at radius 3 is 2.41 bits per heavy atom. The summed E-state index contributed by atoms with van der Waals surface area (Å²) in [6.07, 6.45) is 1.93. The molecule has 0 aromatic heterocycles. The van der Waals surface area contributed by atoms with Gasteiger partial charge in [-0.1, -0.05) is 26.0 Å². The first-order valence-corrected chi connectivity index (χ1v) is 8.94. The lowest BCUT2D eigenvalue weighted by Crippen LogP contribution is -2.34. The molecular formula is C17H26N2O2S. The molecule has 122 valence electrons. The molecule has 1 N–H and O–H groups in total. The second-order valence-electron chi connectivity index (χ2n) is 5.29. The molecular weight excluding hydrogens is 296 g/mol. The number of carbonyl (C=O) groups is 2. The Morgan fingerprint density at radius 2 is 1.82 bits per heavy atom. The van der Waals surface area contributed by atoms with Gasteiger partial charge < -0.3 is 10.2 Å². The Balaban J connectivity index is 2.33. The lowest BCUT2D eigenvalue weighted by Gasteiger charge is -2.21. The zero-order valence-corrected chi connectivity index (χ0v) is 14.5. The maximum absolute atomic E-state index is 12.1. The van der Waals surface area contributed by atoms with Gasteiger partial charge in [0.05, 0.1) is 11.5 Å². The fraction of sp³-hybridized carbons (Fsp3) is 0.529. The molecule has 1 aromatic rings. The van der Waals surface area contributed by atoms with E-state index in [1.165, 1.54) is 11.8 Å². The van der Waals surface area contributed by atoms with Crippen LogP contribution in [0.4, 0.5) is 5.69 Å². The van der Waals surface area contributed by atoms with E-state index in [0.29, 0.717) is 11.5 Å². The number of anilines is 1. The molecule has 0 radical (unpaired) electrons. The smallest absolute Gasteiger partial charge is 0.234 e. The molecule has 0 fully saturated rings. The van der Waals surface area contributed by atoms with Crippen molar-refractivity contribution < 1.29 is 9.59 Å². The first kappa shape index (κ1) is 18.6. The number of amides is 2. The highest BCUT2D eigenvalue weighted by molar-refractivity contribution is 8.00. The monoisotopic (exact) mass is 322 g/mol. The van der Waals surface area contributed by atoms with E-state index < -0.39 is 0 Å². The van der Waals surface area contributed by atoms with Crippen molar-refractivity contribution in [2.45, 2.75) is 33.6 Å². The molecule has 0 spiro atoms. The van der Waals surface area contributed by atoms with Crippen LogP contribution < -0.4 is 5.32 Å². The number of thioether (sulfide) groups is 1. The van der Waals surface area contributed by atoms with Crippen LogP contribution in [0.25, 0.3) is 0 Å². The van der Waals surface area contributed by atoms with E-state index in [0.717, 1.165) is 37.2 Å². The molecule has 0 atom stereocenters. The molecule has 4 nitrogen and oxygen atoms in total. The summed E-state index contributed by atoms with van der Waals surface area (Å²) in [5, 5.41) is 2.85. The van der Waals surface area contributed by atoms with Crippen LogP contribution in [0, 0.1) is 6.92 Å². The predicted octanol–water partition coefficient (Wildman–Crippen LogP) is 3.32. The topological polar surface area (TPSA) is 49.4 Å². The first-order valence-electron chi connectivity index (χ1n) is 7.78. The van der Waals surface area contributed by atoms with Gasteiger partial charge in [0.2, 0.25) is 11.8 Å². The number of hydrogen-bond acceptors (Lipinski definition) is 3. The predicted molar refractivity (Wildman–Crippen MR) is 94.3 cm³/mol. The third-order valence-corrected chi connectivity index (χ3v) is 4.02. The highest BCUT2D eigenvalue weighted by Gasteiger charge is 2.12. The summed E-state index contributed by atoms with van der Waals surface area (Å²) in [5.41, 5.74) is 1.91. The fourth-order valence-electron chi connectivity index (χ4n) is 2.14. The summed E-state index contributed by atoms with van der Waals surface area (Å²) in [6.45, 7) is 7.71. The number of nitrogens with zero attached hydrogens (tertiary/aromatic N) is 1. The lowest BCUT2D eigenvalue weighted by molar-refractivity contribution is -0.128. The zero-order chi connectivity index (χ0) is 16.4. The van der Waals surface area contributed by atoms with Crippen LogP contribution in [0.5, 0.6) is 0 Å². The molecule has 5 heteroatoms. The lowest BCUT2D eigenvalue weighted by atomic mass is 10.2. The number of nitrogens with one attached hydrogen (secondary N) is 1. The highest BCUT2D eigenvalue weighted by atomic mass is 32.2. The van der Waals surface area contributed by atoms with Gasteiger partial charge in [-0.2, -0.15) is 0 Å². The summed E-state index contributed by atoms with van der Waals surface area (Å²) < 4.78 is 0. The van der Waals surface area contributed by atoms with Crippen LogP contribution in [-0.2, 0) is 9.59 Å². The molecule has 2 amide bonds. The standard InChI is InChI=1S/C17H26N2O2S/c1-4-9-19(10-5-2)17(21)13-22-12-16(20)18-15-8-6-7-14(3)11-15/h6-8,11H,4-5,9-10,12-13H2,1-3H3,(H,18,20). The molecule has 1 aromatic carbocycles. The van der Waals surface area contributed by atoms with Crippen molar-refractivity contribution in [3.05, 3.63) is 29.8 Å². The van der Waals surface area contributed by atoms with Gasteiger partial charge in [-0.3, -0.25) is 9.59 Å². The second-order valence-corrected chi connectivity index (χ2v) is 6.28. The number of benzene rings is 1. The van der Waals surface area contributed by atoms with Crippen molar-refractivity contribution in [3.63, 3.8) is 0 Å². The van der Waals surface area contributed by atoms with Crippen molar-refractivity contribution in [1.82, 2.24) is 4.90 Å². The van der Waals surface area contributed by atoms with E-state index >= 15 is 0 Å². The van der Waals surface area contributed by atoms with Crippen LogP contribution in [0.2, 0.25) is 0 Å². The molecule has 22 heavy (non-hydrogen) atoms. The Kier molecular flexibility index (Phi) is 8.67. The van der Waals surface area contributed by atoms with E-state index in [4.69, 9.17) is 0 Å². The summed E-state index contributed by atoms with van der Waals surface area (Å²) in [7, 11) is 0. The third-order valence-electron chi connectivity index (χ3n) is 3.10. The van der Waals surface area contributed by atoms with Crippen LogP contribution >= 0.6 is 11.8 Å². The van der Waals surface area contributed by atoms with E-state index in [1.54, 1.807) is 0 Å². The molecule has 0 saturated heterocycles. The van der Waals surface area contributed by atoms with Gasteiger partial charge in [0.25, 0.3) is 0 Å². The fourth-order valence-corrected chi connectivity index (χ4v) is 2.86. The van der Waals surface area contributed by atoms with Crippen molar-refractivity contribution in [3.8, 4) is 0 Å². The van der Waals surface area contributed by atoms with Gasteiger partial charge >= 0.3 is 0 Å². The van der Waals surface area contributed by atoms with Crippen molar-refractivity contribution in [2.24, 2.45) is 0 Å². The number of carbonyl (C=O) groups excluding carboxylic acids is 2. The van der Waals surface area contributed by atoms with Gasteiger partial charge in [0, 0.05) is 18.8 Å². The number of aryl methyl sites for hydroxylation is 1. The average Bonchev–Trinajstić information content (AvgIpc) is 2.47.